The molecule has 1 aliphatic rings. The molecule has 4 nitrogen and oxygen atoms in total. The zero-order valence-corrected chi connectivity index (χ0v) is 9.73. The zero-order valence-electron chi connectivity index (χ0n) is 9.73. The van der Waals surface area contributed by atoms with E-state index in [1.165, 1.54) is 6.20 Å². The van der Waals surface area contributed by atoms with Crippen LogP contribution in [0.15, 0.2) is 18.3 Å². The topological polar surface area (TPSA) is 59.2 Å². The average Bonchev–Trinajstić information content (AvgIpc) is 2.59. The van der Waals surface area contributed by atoms with Gasteiger partial charge >= 0.3 is 0 Å². The van der Waals surface area contributed by atoms with Gasteiger partial charge in [-0.05, 0) is 24.0 Å². The number of hydrogen-bond acceptors (Lipinski definition) is 3. The first kappa shape index (κ1) is 10.9. The third kappa shape index (κ3) is 2.15. The minimum absolute atomic E-state index is 0.00516. The Balaban J connectivity index is 2.12. The molecule has 2 N–H and O–H groups in total. The van der Waals surface area contributed by atoms with E-state index in [0.29, 0.717) is 11.4 Å². The average molecular weight is 219 g/mol. The zero-order chi connectivity index (χ0) is 11.8. The molecule has 1 aromatic rings. The lowest BCUT2D eigenvalue weighted by atomic mass is 9.93. The number of nitrogen functional groups attached to an aromatic ring is 1. The summed E-state index contributed by atoms with van der Waals surface area (Å²) >= 11 is 0. The number of pyridine rings is 1. The van der Waals surface area contributed by atoms with Gasteiger partial charge in [-0.15, -0.1) is 0 Å². The van der Waals surface area contributed by atoms with Crippen molar-refractivity contribution in [3.63, 3.8) is 0 Å². The van der Waals surface area contributed by atoms with Gasteiger partial charge in [0, 0.05) is 13.1 Å². The second kappa shape index (κ2) is 3.77. The van der Waals surface area contributed by atoms with Crippen LogP contribution in [0, 0.1) is 5.41 Å². The van der Waals surface area contributed by atoms with Crippen LogP contribution in [0.25, 0.3) is 0 Å². The molecule has 0 radical (unpaired) electrons. The summed E-state index contributed by atoms with van der Waals surface area (Å²) in [5, 5.41) is 0. The lowest BCUT2D eigenvalue weighted by Crippen LogP contribution is -2.30. The first-order chi connectivity index (χ1) is 7.48. The van der Waals surface area contributed by atoms with Gasteiger partial charge in [-0.25, -0.2) is 4.98 Å². The molecule has 0 spiro atoms. The maximum Gasteiger partial charge on any atom is 0.272 e. The molecule has 4 heteroatoms. The van der Waals surface area contributed by atoms with Crippen LogP contribution in [-0.2, 0) is 0 Å². The molecule has 86 valence electrons. The van der Waals surface area contributed by atoms with Crippen LogP contribution in [0.1, 0.15) is 30.8 Å². The molecule has 0 unspecified atom stereocenters. The molecule has 1 aliphatic heterocycles. The SMILES string of the molecule is CC1(C)CCN(C(=O)c2ccc(N)cn2)C1. The molecular formula is C12H17N3O. The normalized spacial score (nSPS) is 18.8. The summed E-state index contributed by atoms with van der Waals surface area (Å²) < 4.78 is 0. The number of carbonyl (C=O) groups excluding carboxylic acids is 1. The molecule has 1 amide bonds. The molecular weight excluding hydrogens is 202 g/mol. The molecule has 0 aromatic carbocycles. The van der Waals surface area contributed by atoms with E-state index in [1.54, 1.807) is 12.1 Å². The van der Waals surface area contributed by atoms with Gasteiger partial charge in [0.15, 0.2) is 0 Å². The number of rotatable bonds is 1. The van der Waals surface area contributed by atoms with E-state index in [4.69, 9.17) is 5.73 Å². The van der Waals surface area contributed by atoms with Crippen molar-refractivity contribution in [3.05, 3.63) is 24.0 Å². The molecule has 1 aromatic heterocycles. The van der Waals surface area contributed by atoms with Crippen LogP contribution < -0.4 is 5.73 Å². The Labute approximate surface area is 95.5 Å². The van der Waals surface area contributed by atoms with E-state index in [2.05, 4.69) is 18.8 Å². The van der Waals surface area contributed by atoms with Gasteiger partial charge in [-0.2, -0.15) is 0 Å². The second-order valence-corrected chi connectivity index (χ2v) is 5.12. The molecule has 0 aliphatic carbocycles. The summed E-state index contributed by atoms with van der Waals surface area (Å²) in [6.45, 7) is 5.98. The number of carbonyl (C=O) groups is 1. The Kier molecular flexibility index (Phi) is 2.58. The van der Waals surface area contributed by atoms with Gasteiger partial charge in [0.05, 0.1) is 11.9 Å². The lowest BCUT2D eigenvalue weighted by Gasteiger charge is -2.19. The number of amides is 1. The Morgan fingerprint density at radius 3 is 2.75 bits per heavy atom. The van der Waals surface area contributed by atoms with Gasteiger partial charge in [-0.1, -0.05) is 13.8 Å². The summed E-state index contributed by atoms with van der Waals surface area (Å²) in [5.74, 6) is 0.00516. The van der Waals surface area contributed by atoms with E-state index in [0.717, 1.165) is 19.5 Å². The van der Waals surface area contributed by atoms with E-state index < -0.39 is 0 Å². The molecule has 1 saturated heterocycles. The van der Waals surface area contributed by atoms with Crippen LogP contribution in [0.5, 0.6) is 0 Å². The number of likely N-dealkylation sites (tertiary alicyclic amines) is 1. The minimum atomic E-state index is 0.00516. The number of nitrogens with two attached hydrogens (primary N) is 1. The Hall–Kier alpha value is -1.58. The fourth-order valence-electron chi connectivity index (χ4n) is 1.98. The van der Waals surface area contributed by atoms with Crippen LogP contribution in [0.4, 0.5) is 5.69 Å². The number of anilines is 1. The van der Waals surface area contributed by atoms with Crippen LogP contribution in [-0.4, -0.2) is 28.9 Å². The second-order valence-electron chi connectivity index (χ2n) is 5.12. The fourth-order valence-corrected chi connectivity index (χ4v) is 1.98. The summed E-state index contributed by atoms with van der Waals surface area (Å²) in [4.78, 5) is 18.0. The first-order valence-corrected chi connectivity index (χ1v) is 5.49. The highest BCUT2D eigenvalue weighted by atomic mass is 16.2. The Morgan fingerprint density at radius 1 is 1.50 bits per heavy atom. The third-order valence-corrected chi connectivity index (χ3v) is 2.97. The molecule has 1 fully saturated rings. The van der Waals surface area contributed by atoms with Crippen molar-refractivity contribution < 1.29 is 4.79 Å². The van der Waals surface area contributed by atoms with E-state index in [1.807, 2.05) is 4.90 Å². The smallest absolute Gasteiger partial charge is 0.272 e. The maximum atomic E-state index is 12.1. The van der Waals surface area contributed by atoms with Gasteiger partial charge in [0.2, 0.25) is 0 Å². The van der Waals surface area contributed by atoms with Crippen LogP contribution in [0.2, 0.25) is 0 Å². The third-order valence-electron chi connectivity index (χ3n) is 2.97. The molecule has 2 heterocycles. The number of nitrogens with zero attached hydrogens (tertiary/aromatic N) is 2. The summed E-state index contributed by atoms with van der Waals surface area (Å²) in [6, 6.07) is 3.39. The highest BCUT2D eigenvalue weighted by Gasteiger charge is 2.32. The van der Waals surface area contributed by atoms with E-state index in [-0.39, 0.29) is 11.3 Å². The summed E-state index contributed by atoms with van der Waals surface area (Å²) in [7, 11) is 0. The van der Waals surface area contributed by atoms with Gasteiger partial charge < -0.3 is 10.6 Å². The van der Waals surface area contributed by atoms with E-state index >= 15 is 0 Å². The Bertz CT molecular complexity index is 397. The predicted molar refractivity (Wildman–Crippen MR) is 63.0 cm³/mol. The molecule has 16 heavy (non-hydrogen) atoms. The van der Waals surface area contributed by atoms with Crippen molar-refractivity contribution in [2.45, 2.75) is 20.3 Å². The highest BCUT2D eigenvalue weighted by molar-refractivity contribution is 5.92. The standard InChI is InChI=1S/C12H17N3O/c1-12(2)5-6-15(8-12)11(16)10-4-3-9(13)7-14-10/h3-4,7H,5-6,8,13H2,1-2H3. The molecule has 0 atom stereocenters. The van der Waals surface area contributed by atoms with Crippen molar-refractivity contribution in [1.82, 2.24) is 9.88 Å². The fraction of sp³-hybridized carbons (Fsp3) is 0.500. The largest absolute Gasteiger partial charge is 0.397 e. The quantitative estimate of drug-likeness (QED) is 0.779. The van der Waals surface area contributed by atoms with Crippen molar-refractivity contribution >= 4 is 11.6 Å². The van der Waals surface area contributed by atoms with Crippen LogP contribution >= 0.6 is 0 Å². The monoisotopic (exact) mass is 219 g/mol. The molecule has 0 saturated carbocycles. The number of aromatic nitrogens is 1. The maximum absolute atomic E-state index is 12.1. The van der Waals surface area contributed by atoms with Crippen molar-refractivity contribution in [3.8, 4) is 0 Å². The van der Waals surface area contributed by atoms with Crippen molar-refractivity contribution in [2.24, 2.45) is 5.41 Å². The van der Waals surface area contributed by atoms with Crippen molar-refractivity contribution in [1.29, 1.82) is 0 Å². The van der Waals surface area contributed by atoms with Gasteiger partial charge in [0.25, 0.3) is 5.91 Å². The first-order valence-electron chi connectivity index (χ1n) is 5.49. The predicted octanol–water partition coefficient (Wildman–Crippen LogP) is 1.54. The molecule has 0 bridgehead atoms. The Morgan fingerprint density at radius 2 is 2.25 bits per heavy atom. The lowest BCUT2D eigenvalue weighted by molar-refractivity contribution is 0.0772. The summed E-state index contributed by atoms with van der Waals surface area (Å²) in [5.41, 5.74) is 6.82. The number of hydrogen-bond donors (Lipinski definition) is 1. The van der Waals surface area contributed by atoms with Crippen molar-refractivity contribution in [2.75, 3.05) is 18.8 Å². The van der Waals surface area contributed by atoms with E-state index in [9.17, 15) is 4.79 Å². The highest BCUT2D eigenvalue weighted by Crippen LogP contribution is 2.29. The van der Waals surface area contributed by atoms with Crippen LogP contribution in [0.3, 0.4) is 0 Å². The minimum Gasteiger partial charge on any atom is -0.397 e. The summed E-state index contributed by atoms with van der Waals surface area (Å²) in [6.07, 6.45) is 2.57. The molecule has 2 rings (SSSR count). The van der Waals surface area contributed by atoms with Gasteiger partial charge in [-0.3, -0.25) is 4.79 Å². The van der Waals surface area contributed by atoms with Gasteiger partial charge in [0.1, 0.15) is 5.69 Å².